The van der Waals surface area contributed by atoms with E-state index in [-0.39, 0.29) is 54.4 Å². The smallest absolute Gasteiger partial charge is 0.466 e. The molecule has 3 aromatic rings. The number of esters is 4. The third-order valence-electron chi connectivity index (χ3n) is 5.96. The number of hydrogen-bond donors (Lipinski definition) is 0. The lowest BCUT2D eigenvalue weighted by molar-refractivity contribution is -0.142. The summed E-state index contributed by atoms with van der Waals surface area (Å²) in [6.45, 7) is 4.17. The van der Waals surface area contributed by atoms with Crippen LogP contribution in [0.2, 0.25) is 0 Å². The van der Waals surface area contributed by atoms with Gasteiger partial charge in [0.15, 0.2) is 6.10 Å². The zero-order valence-electron chi connectivity index (χ0n) is 26.5. The molecule has 254 valence electrons. The summed E-state index contributed by atoms with van der Waals surface area (Å²) in [6, 6.07) is 17.2. The Morgan fingerprint density at radius 2 is 1.00 bits per heavy atom. The summed E-state index contributed by atoms with van der Waals surface area (Å²) in [7, 11) is 0. The van der Waals surface area contributed by atoms with Crippen LogP contribution in [0.4, 0.5) is 9.59 Å². The molecule has 14 nitrogen and oxygen atoms in total. The van der Waals surface area contributed by atoms with Gasteiger partial charge in [0.2, 0.25) is 0 Å². The van der Waals surface area contributed by atoms with Gasteiger partial charge in [0.05, 0.1) is 42.9 Å². The Morgan fingerprint density at radius 1 is 0.542 bits per heavy atom. The lowest BCUT2D eigenvalue weighted by atomic mass is 10.1. The van der Waals surface area contributed by atoms with Gasteiger partial charge in [0.1, 0.15) is 24.7 Å². The molecule has 48 heavy (non-hydrogen) atoms. The van der Waals surface area contributed by atoms with Gasteiger partial charge in [-0.3, -0.25) is 4.79 Å². The Kier molecular flexibility index (Phi) is 14.4. The lowest BCUT2D eigenvalue weighted by Crippen LogP contribution is -2.31. The van der Waals surface area contributed by atoms with Crippen LogP contribution in [0.25, 0.3) is 0 Å². The molecule has 0 aromatic heterocycles. The molecule has 0 aliphatic carbocycles. The molecule has 0 aliphatic rings. The van der Waals surface area contributed by atoms with Gasteiger partial charge in [-0.05, 0) is 74.9 Å². The minimum Gasteiger partial charge on any atom is -0.466 e. The van der Waals surface area contributed by atoms with E-state index in [0.29, 0.717) is 5.56 Å². The Hall–Kier alpha value is -5.92. The van der Waals surface area contributed by atoms with Crippen LogP contribution in [0.3, 0.4) is 0 Å². The van der Waals surface area contributed by atoms with Crippen molar-refractivity contribution in [1.29, 1.82) is 0 Å². The number of carbonyl (C=O) groups excluding carboxylic acids is 6. The fourth-order valence-corrected chi connectivity index (χ4v) is 3.89. The predicted molar refractivity (Wildman–Crippen MR) is 165 cm³/mol. The molecule has 14 heteroatoms. The molecule has 3 rings (SSSR count). The zero-order valence-corrected chi connectivity index (χ0v) is 26.5. The Morgan fingerprint density at radius 3 is 1.50 bits per heavy atom. The van der Waals surface area contributed by atoms with Crippen LogP contribution in [-0.2, 0) is 39.6 Å². The molecule has 0 bridgehead atoms. The molecule has 0 amide bonds. The summed E-state index contributed by atoms with van der Waals surface area (Å²) in [4.78, 5) is 74.0. The first-order valence-corrected chi connectivity index (χ1v) is 14.8. The third kappa shape index (κ3) is 12.1. The molecule has 0 saturated carbocycles. The normalized spacial score (nSPS) is 10.9. The second kappa shape index (κ2) is 18.9. The van der Waals surface area contributed by atoms with E-state index in [1.54, 1.807) is 32.9 Å². The van der Waals surface area contributed by atoms with Gasteiger partial charge in [-0.1, -0.05) is 24.3 Å². The molecule has 0 heterocycles. The van der Waals surface area contributed by atoms with Crippen molar-refractivity contribution in [3.8, 4) is 11.5 Å². The van der Waals surface area contributed by atoms with E-state index in [9.17, 15) is 28.8 Å². The lowest BCUT2D eigenvalue weighted by Gasteiger charge is -2.18. The van der Waals surface area contributed by atoms with Crippen LogP contribution >= 0.6 is 0 Å². The van der Waals surface area contributed by atoms with Gasteiger partial charge in [0, 0.05) is 0 Å². The van der Waals surface area contributed by atoms with Gasteiger partial charge in [-0.25, -0.2) is 24.0 Å². The quantitative estimate of drug-likeness (QED) is 0.119. The first kappa shape index (κ1) is 36.5. The molecule has 0 saturated heterocycles. The summed E-state index contributed by atoms with van der Waals surface area (Å²) in [5.41, 5.74) is 0.594. The standard InChI is InChI=1S/C34H34O14/c1-4-41-29(35)17-22-10-7-11-23(16-22)30(36)44-20-28(46-32(38)25-13-9-15-27(19-25)48-34(40)43-6-3)21-45-31(37)24-12-8-14-26(18-24)47-33(39)42-5-2/h7-16,18-19,28H,4-6,17,20-21H2,1-3H3. The molecule has 1 unspecified atom stereocenters. The summed E-state index contributed by atoms with van der Waals surface area (Å²) in [5, 5.41) is 0. The van der Waals surface area contributed by atoms with Crippen molar-refractivity contribution in [2.45, 2.75) is 33.3 Å². The summed E-state index contributed by atoms with van der Waals surface area (Å²) in [5.74, 6) is -3.02. The monoisotopic (exact) mass is 666 g/mol. The van der Waals surface area contributed by atoms with E-state index >= 15 is 0 Å². The molecule has 0 N–H and O–H groups in total. The fraction of sp³-hybridized carbons (Fsp3) is 0.294. The minimum absolute atomic E-state index is 0.00102. The third-order valence-corrected chi connectivity index (χ3v) is 5.96. The first-order chi connectivity index (χ1) is 23.1. The van der Waals surface area contributed by atoms with Crippen molar-refractivity contribution in [2.24, 2.45) is 0 Å². The van der Waals surface area contributed by atoms with Crippen LogP contribution in [0, 0.1) is 0 Å². The van der Waals surface area contributed by atoms with Crippen molar-refractivity contribution in [1.82, 2.24) is 0 Å². The van der Waals surface area contributed by atoms with E-state index in [2.05, 4.69) is 0 Å². The maximum absolute atomic E-state index is 13.1. The van der Waals surface area contributed by atoms with E-state index in [1.165, 1.54) is 60.7 Å². The van der Waals surface area contributed by atoms with Crippen LogP contribution in [0.15, 0.2) is 72.8 Å². The first-order valence-electron chi connectivity index (χ1n) is 14.8. The predicted octanol–water partition coefficient (Wildman–Crippen LogP) is 5.10. The SMILES string of the molecule is CCOC(=O)Cc1cccc(C(=O)OCC(COC(=O)c2cccc(OC(=O)OCC)c2)OC(=O)c2cccc(OC(=O)OCC)c2)c1. The van der Waals surface area contributed by atoms with Crippen molar-refractivity contribution < 1.29 is 66.7 Å². The topological polar surface area (TPSA) is 176 Å². The average molecular weight is 667 g/mol. The van der Waals surface area contributed by atoms with Gasteiger partial charge in [-0.2, -0.15) is 0 Å². The number of carbonyl (C=O) groups is 6. The van der Waals surface area contributed by atoms with Gasteiger partial charge < -0.3 is 37.9 Å². The van der Waals surface area contributed by atoms with Gasteiger partial charge in [-0.15, -0.1) is 0 Å². The zero-order chi connectivity index (χ0) is 34.9. The number of hydrogen-bond acceptors (Lipinski definition) is 14. The average Bonchev–Trinajstić information content (AvgIpc) is 3.06. The van der Waals surface area contributed by atoms with Crippen LogP contribution in [0.1, 0.15) is 57.4 Å². The summed E-state index contributed by atoms with van der Waals surface area (Å²) in [6.07, 6.45) is -3.29. The largest absolute Gasteiger partial charge is 0.513 e. The molecule has 0 spiro atoms. The van der Waals surface area contributed by atoms with E-state index in [0.717, 1.165) is 0 Å². The molecule has 0 aliphatic heterocycles. The van der Waals surface area contributed by atoms with Crippen molar-refractivity contribution in [3.63, 3.8) is 0 Å². The highest BCUT2D eigenvalue weighted by Crippen LogP contribution is 2.18. The van der Waals surface area contributed by atoms with Gasteiger partial charge in [0.25, 0.3) is 0 Å². The molecular formula is C34H34O14. The Bertz CT molecular complexity index is 1520. The number of benzene rings is 3. The molecule has 0 radical (unpaired) electrons. The Labute approximate surface area is 275 Å². The molecule has 1 atom stereocenters. The second-order valence-corrected chi connectivity index (χ2v) is 9.53. The molecule has 3 aromatic carbocycles. The second-order valence-electron chi connectivity index (χ2n) is 9.53. The van der Waals surface area contributed by atoms with Crippen LogP contribution < -0.4 is 9.47 Å². The van der Waals surface area contributed by atoms with Crippen LogP contribution in [0.5, 0.6) is 11.5 Å². The number of rotatable bonds is 15. The maximum atomic E-state index is 13.1. The fourth-order valence-electron chi connectivity index (χ4n) is 3.89. The highest BCUT2D eigenvalue weighted by atomic mass is 16.7. The highest BCUT2D eigenvalue weighted by molar-refractivity contribution is 5.91. The summed E-state index contributed by atoms with van der Waals surface area (Å²) < 4.78 is 40.7. The van der Waals surface area contributed by atoms with E-state index in [1.807, 2.05) is 0 Å². The number of ether oxygens (including phenoxy) is 8. The van der Waals surface area contributed by atoms with Gasteiger partial charge >= 0.3 is 36.2 Å². The maximum Gasteiger partial charge on any atom is 0.513 e. The highest BCUT2D eigenvalue weighted by Gasteiger charge is 2.23. The van der Waals surface area contributed by atoms with Crippen molar-refractivity contribution >= 4 is 36.2 Å². The molecule has 0 fully saturated rings. The Balaban J connectivity index is 1.73. The van der Waals surface area contributed by atoms with Crippen molar-refractivity contribution in [3.05, 3.63) is 95.1 Å². The summed E-state index contributed by atoms with van der Waals surface area (Å²) >= 11 is 0. The van der Waals surface area contributed by atoms with E-state index < -0.39 is 55.5 Å². The van der Waals surface area contributed by atoms with Crippen LogP contribution in [-0.4, -0.2) is 75.3 Å². The minimum atomic E-state index is -1.30. The van der Waals surface area contributed by atoms with E-state index in [4.69, 9.17) is 37.9 Å². The molecular weight excluding hydrogens is 632 g/mol. The van der Waals surface area contributed by atoms with Crippen molar-refractivity contribution in [2.75, 3.05) is 33.0 Å².